The van der Waals surface area contributed by atoms with Crippen molar-refractivity contribution in [3.8, 4) is 22.3 Å². The number of hydrogen-bond acceptors (Lipinski definition) is 2. The largest absolute Gasteiger partial charge is 0.308 e. The molecule has 0 fully saturated rings. The van der Waals surface area contributed by atoms with Crippen molar-refractivity contribution in [2.24, 2.45) is 0 Å². The van der Waals surface area contributed by atoms with Gasteiger partial charge in [-0.25, -0.2) is 0 Å². The summed E-state index contributed by atoms with van der Waals surface area (Å²) < 4.78 is 0. The monoisotopic (exact) mass is 446 g/mol. The molecule has 5 aromatic rings. The number of anilines is 3. The van der Waals surface area contributed by atoms with Gasteiger partial charge >= 0.3 is 0 Å². The molecule has 0 saturated carbocycles. The Morgan fingerprint density at radius 2 is 1.29 bits per heavy atom. The van der Waals surface area contributed by atoms with Gasteiger partial charge in [-0.1, -0.05) is 54.6 Å². The molecular weight excluding hydrogens is 424 g/mol. The molecule has 0 amide bonds. The van der Waals surface area contributed by atoms with Gasteiger partial charge in [0.2, 0.25) is 0 Å². The average molecular weight is 447 g/mol. The lowest BCUT2D eigenvalue weighted by molar-refractivity contribution is 0.955. The van der Waals surface area contributed by atoms with Crippen LogP contribution in [-0.2, 0) is 25.7 Å². The number of pyridine rings is 1. The Morgan fingerprint density at radius 3 is 2.17 bits per heavy atom. The maximum absolute atomic E-state index is 4.88. The summed E-state index contributed by atoms with van der Waals surface area (Å²) in [4.78, 5) is 7.43. The fourth-order valence-electron chi connectivity index (χ4n) is 7.09. The molecule has 0 saturated heterocycles. The molecule has 1 aromatic heterocycles. The van der Waals surface area contributed by atoms with Gasteiger partial charge < -0.3 is 4.90 Å². The highest BCUT2D eigenvalue weighted by molar-refractivity contribution is 5.95. The predicted octanol–water partition coefficient (Wildman–Crippen LogP) is 7.50. The van der Waals surface area contributed by atoms with Gasteiger partial charge in [0.15, 0.2) is 0 Å². The molecule has 9 rings (SSSR count). The molecule has 0 radical (unpaired) electrons. The van der Waals surface area contributed by atoms with Gasteiger partial charge in [-0.05, 0) is 98.3 Å². The third kappa shape index (κ3) is 2.27. The van der Waals surface area contributed by atoms with Crippen LogP contribution in [0.25, 0.3) is 22.3 Å². The zero-order valence-electron chi connectivity index (χ0n) is 19.3. The number of nitrogens with zero attached hydrogens (tertiary/aromatic N) is 2. The average Bonchev–Trinajstić information content (AvgIpc) is 3.45. The van der Waals surface area contributed by atoms with Crippen LogP contribution >= 0.6 is 0 Å². The minimum Gasteiger partial charge on any atom is -0.308 e. The third-order valence-corrected chi connectivity index (χ3v) is 8.56. The zero-order valence-corrected chi connectivity index (χ0v) is 19.3. The Labute approximate surface area is 204 Å². The lowest BCUT2D eigenvalue weighted by atomic mass is 9.82. The number of aromatic nitrogens is 1. The van der Waals surface area contributed by atoms with Crippen LogP contribution in [-0.4, -0.2) is 4.98 Å². The van der Waals surface area contributed by atoms with Gasteiger partial charge in [0, 0.05) is 19.0 Å². The number of fused-ring (bicyclic) bond motifs is 11. The number of benzene rings is 4. The van der Waals surface area contributed by atoms with E-state index in [-0.39, 0.29) is 0 Å². The van der Waals surface area contributed by atoms with Gasteiger partial charge in [0.25, 0.3) is 0 Å². The molecule has 4 aliphatic rings. The zero-order chi connectivity index (χ0) is 22.7. The highest BCUT2D eigenvalue weighted by atomic mass is 15.2. The molecule has 0 bridgehead atoms. The van der Waals surface area contributed by atoms with Crippen LogP contribution in [0.1, 0.15) is 44.6 Å². The lowest BCUT2D eigenvalue weighted by Gasteiger charge is -2.40. The Kier molecular flexibility index (Phi) is 3.27. The summed E-state index contributed by atoms with van der Waals surface area (Å²) in [5.74, 6) is 0. The number of rotatable bonds is 0. The minimum atomic E-state index is 0.912. The van der Waals surface area contributed by atoms with Crippen molar-refractivity contribution in [3.63, 3.8) is 0 Å². The van der Waals surface area contributed by atoms with E-state index in [1.807, 2.05) is 6.20 Å². The lowest BCUT2D eigenvalue weighted by Crippen LogP contribution is -2.26. The molecule has 3 heterocycles. The highest BCUT2D eigenvalue weighted by Crippen LogP contribution is 2.55. The van der Waals surface area contributed by atoms with E-state index in [1.165, 1.54) is 84.0 Å². The molecule has 0 atom stereocenters. The molecule has 0 N–H and O–H groups in total. The minimum absolute atomic E-state index is 0.912. The molecule has 164 valence electrons. The second-order valence-corrected chi connectivity index (χ2v) is 10.4. The SMILES string of the molecule is c1ccc2c(c1)Cc1cc3c(cc1-2)N1c2cccnc2Cc2c4c(cc(c21)C3)-c1ccccc1C4. The van der Waals surface area contributed by atoms with Crippen molar-refractivity contribution in [3.05, 3.63) is 130 Å². The van der Waals surface area contributed by atoms with Crippen LogP contribution < -0.4 is 4.90 Å². The summed E-state index contributed by atoms with van der Waals surface area (Å²) in [7, 11) is 0. The predicted molar refractivity (Wildman–Crippen MR) is 141 cm³/mol. The molecular formula is C33H22N2. The first-order valence-corrected chi connectivity index (χ1v) is 12.6. The topological polar surface area (TPSA) is 16.1 Å². The Bertz CT molecular complexity index is 1760. The van der Waals surface area contributed by atoms with Gasteiger partial charge in [-0.3, -0.25) is 4.98 Å². The van der Waals surface area contributed by atoms with Crippen LogP contribution in [0, 0.1) is 0 Å². The summed E-state index contributed by atoms with van der Waals surface area (Å²) in [5, 5.41) is 0. The summed E-state index contributed by atoms with van der Waals surface area (Å²) in [6, 6.07) is 29.6. The molecule has 0 unspecified atom stereocenters. The molecule has 2 aliphatic heterocycles. The molecule has 2 heteroatoms. The first-order chi connectivity index (χ1) is 17.3. The van der Waals surface area contributed by atoms with E-state index in [4.69, 9.17) is 4.98 Å². The molecule has 35 heavy (non-hydrogen) atoms. The Morgan fingerprint density at radius 1 is 0.514 bits per heavy atom. The van der Waals surface area contributed by atoms with Crippen molar-refractivity contribution in [1.82, 2.24) is 4.98 Å². The van der Waals surface area contributed by atoms with Gasteiger partial charge in [-0.2, -0.15) is 0 Å². The van der Waals surface area contributed by atoms with Gasteiger partial charge in [0.1, 0.15) is 0 Å². The van der Waals surface area contributed by atoms with E-state index in [2.05, 4.69) is 83.8 Å². The van der Waals surface area contributed by atoms with Crippen molar-refractivity contribution in [2.45, 2.75) is 25.7 Å². The van der Waals surface area contributed by atoms with Crippen molar-refractivity contribution >= 4 is 17.1 Å². The molecule has 0 spiro atoms. The smallest absolute Gasteiger partial charge is 0.0688 e. The standard InChI is InChI=1S/C33H22N2/c1-3-8-24-19(6-1)12-21-13-22-14-23-16-27-25-9-4-2-7-20(25)15-28(27)29-17-30-31(10-5-11-34-30)35(33(23)29)32(22)18-26(21)24/h1-11,13,16,18H,12,14-15,17H2. The van der Waals surface area contributed by atoms with E-state index >= 15 is 0 Å². The fourth-order valence-corrected chi connectivity index (χ4v) is 7.09. The highest BCUT2D eigenvalue weighted by Gasteiger charge is 2.37. The first-order valence-electron chi connectivity index (χ1n) is 12.6. The summed E-state index contributed by atoms with van der Waals surface area (Å²) in [6.45, 7) is 0. The molecule has 4 aromatic carbocycles. The van der Waals surface area contributed by atoms with E-state index < -0.39 is 0 Å². The maximum atomic E-state index is 4.88. The normalized spacial score (nSPS) is 14.9. The summed E-state index contributed by atoms with van der Waals surface area (Å²) in [5.41, 5.74) is 21.0. The summed E-state index contributed by atoms with van der Waals surface area (Å²) >= 11 is 0. The van der Waals surface area contributed by atoms with Gasteiger partial charge in [0.05, 0.1) is 22.8 Å². The molecule has 2 aliphatic carbocycles. The van der Waals surface area contributed by atoms with Crippen LogP contribution in [0.3, 0.4) is 0 Å². The van der Waals surface area contributed by atoms with Gasteiger partial charge in [-0.15, -0.1) is 0 Å². The van der Waals surface area contributed by atoms with E-state index in [0.29, 0.717) is 0 Å². The number of hydrogen-bond donors (Lipinski definition) is 0. The second kappa shape index (κ2) is 6.28. The van der Waals surface area contributed by atoms with Crippen LogP contribution in [0.4, 0.5) is 17.1 Å². The van der Waals surface area contributed by atoms with Crippen molar-refractivity contribution in [2.75, 3.05) is 4.90 Å². The Hall–Kier alpha value is -4.17. The van der Waals surface area contributed by atoms with Crippen LogP contribution in [0.15, 0.2) is 85.1 Å². The van der Waals surface area contributed by atoms with Crippen LogP contribution in [0.5, 0.6) is 0 Å². The van der Waals surface area contributed by atoms with E-state index in [9.17, 15) is 0 Å². The molecule has 2 nitrogen and oxygen atoms in total. The Balaban J connectivity index is 1.34. The van der Waals surface area contributed by atoms with Crippen LogP contribution in [0.2, 0.25) is 0 Å². The van der Waals surface area contributed by atoms with E-state index in [1.54, 1.807) is 0 Å². The maximum Gasteiger partial charge on any atom is 0.0688 e. The third-order valence-electron chi connectivity index (χ3n) is 8.56. The second-order valence-electron chi connectivity index (χ2n) is 10.4. The summed E-state index contributed by atoms with van der Waals surface area (Å²) in [6.07, 6.45) is 5.91. The first kappa shape index (κ1) is 18.2. The van der Waals surface area contributed by atoms with Crippen molar-refractivity contribution in [1.29, 1.82) is 0 Å². The van der Waals surface area contributed by atoms with E-state index in [0.717, 1.165) is 25.7 Å². The quantitative estimate of drug-likeness (QED) is 0.240. The van der Waals surface area contributed by atoms with Crippen molar-refractivity contribution < 1.29 is 0 Å². The fraction of sp³-hybridized carbons (Fsp3) is 0.121.